The molecule has 2 nitrogen and oxygen atoms in total. The highest BCUT2D eigenvalue weighted by molar-refractivity contribution is 7.98. The van der Waals surface area contributed by atoms with E-state index < -0.39 is 0 Å². The Morgan fingerprint density at radius 2 is 2.25 bits per heavy atom. The summed E-state index contributed by atoms with van der Waals surface area (Å²) in [5.41, 5.74) is 1.26. The van der Waals surface area contributed by atoms with E-state index in [1.165, 1.54) is 20.5 Å². The summed E-state index contributed by atoms with van der Waals surface area (Å²) in [5.74, 6) is 0.908. The van der Waals surface area contributed by atoms with Crippen LogP contribution in [0.4, 0.5) is 0 Å². The van der Waals surface area contributed by atoms with E-state index in [0.717, 1.165) is 30.2 Å². The van der Waals surface area contributed by atoms with Gasteiger partial charge in [0.05, 0.1) is 11.4 Å². The Bertz CT molecular complexity index is 531. The smallest absolute Gasteiger partial charge is 0.103 e. The number of hydrogen-bond donors (Lipinski definition) is 1. The summed E-state index contributed by atoms with van der Waals surface area (Å²) in [4.78, 5) is 7.35. The monoisotopic (exact) mass is 326 g/mol. The van der Waals surface area contributed by atoms with E-state index in [-0.39, 0.29) is 0 Å². The number of thiazole rings is 1. The van der Waals surface area contributed by atoms with Crippen LogP contribution >= 0.6 is 34.7 Å². The molecule has 0 aliphatic heterocycles. The molecule has 0 aliphatic carbocycles. The zero-order valence-electron chi connectivity index (χ0n) is 11.8. The molecule has 1 heterocycles. The maximum atomic E-state index is 6.00. The highest BCUT2D eigenvalue weighted by Crippen LogP contribution is 2.28. The molecule has 2 aromatic rings. The molecule has 0 saturated carbocycles. The molecule has 108 valence electrons. The Labute approximate surface area is 134 Å². The molecule has 1 aromatic carbocycles. The van der Waals surface area contributed by atoms with Gasteiger partial charge in [-0.1, -0.05) is 31.0 Å². The second-order valence-electron chi connectivity index (χ2n) is 4.50. The maximum Gasteiger partial charge on any atom is 0.103 e. The summed E-state index contributed by atoms with van der Waals surface area (Å²) in [6.45, 7) is 3.11. The van der Waals surface area contributed by atoms with Crippen LogP contribution in [0, 0.1) is 0 Å². The van der Waals surface area contributed by atoms with Crippen molar-refractivity contribution in [2.24, 2.45) is 0 Å². The first kappa shape index (κ1) is 15.8. The molecule has 0 radical (unpaired) electrons. The number of thioether (sulfide) groups is 1. The van der Waals surface area contributed by atoms with E-state index in [2.05, 4.69) is 18.3 Å². The molecule has 0 bridgehead atoms. The van der Waals surface area contributed by atoms with Crippen LogP contribution in [0.5, 0.6) is 0 Å². The minimum Gasteiger partial charge on any atom is -0.315 e. The van der Waals surface area contributed by atoms with Crippen molar-refractivity contribution in [1.29, 1.82) is 0 Å². The molecular weight excluding hydrogens is 308 g/mol. The first-order chi connectivity index (χ1) is 9.72. The molecule has 0 aliphatic rings. The molecule has 1 N–H and O–H groups in total. The third-order valence-corrected chi connectivity index (χ3v) is 5.33. The van der Waals surface area contributed by atoms with Crippen LogP contribution in [0.15, 0.2) is 29.2 Å². The summed E-state index contributed by atoms with van der Waals surface area (Å²) in [6.07, 6.45) is 2.21. The van der Waals surface area contributed by atoms with Crippen LogP contribution < -0.4 is 5.32 Å². The van der Waals surface area contributed by atoms with Gasteiger partial charge in [0.25, 0.3) is 0 Å². The first-order valence-electron chi connectivity index (χ1n) is 6.73. The zero-order valence-corrected chi connectivity index (χ0v) is 14.2. The van der Waals surface area contributed by atoms with E-state index in [1.807, 2.05) is 36.6 Å². The minimum absolute atomic E-state index is 0.789. The van der Waals surface area contributed by atoms with Crippen LogP contribution in [0.3, 0.4) is 0 Å². The Morgan fingerprint density at radius 3 is 2.95 bits per heavy atom. The summed E-state index contributed by atoms with van der Waals surface area (Å²) < 4.78 is 0. The second kappa shape index (κ2) is 8.03. The fraction of sp³-hybridized carbons (Fsp3) is 0.400. The average molecular weight is 327 g/mol. The third kappa shape index (κ3) is 4.48. The summed E-state index contributed by atoms with van der Waals surface area (Å²) in [6, 6.07) is 7.98. The van der Waals surface area contributed by atoms with E-state index >= 15 is 0 Å². The van der Waals surface area contributed by atoms with E-state index in [1.54, 1.807) is 11.8 Å². The molecule has 0 atom stereocenters. The van der Waals surface area contributed by atoms with Crippen molar-refractivity contribution in [3.05, 3.63) is 44.9 Å². The standard InChI is InChI=1S/C15H19ClN2S2/c1-3-5-13-14(9-17-2)20-15(18-13)10-19-12-7-4-6-11(16)8-12/h4,6-8,17H,3,5,9-10H2,1-2H3. The van der Waals surface area contributed by atoms with Crippen molar-refractivity contribution in [3.8, 4) is 0 Å². The van der Waals surface area contributed by atoms with Crippen LogP contribution in [-0.2, 0) is 18.7 Å². The Balaban J connectivity index is 2.03. The van der Waals surface area contributed by atoms with Crippen LogP contribution in [0.2, 0.25) is 5.02 Å². The van der Waals surface area contributed by atoms with Gasteiger partial charge in [0, 0.05) is 21.3 Å². The number of benzene rings is 1. The average Bonchev–Trinajstić information content (AvgIpc) is 2.80. The Morgan fingerprint density at radius 1 is 1.40 bits per heavy atom. The van der Waals surface area contributed by atoms with Gasteiger partial charge in [-0.25, -0.2) is 4.98 Å². The van der Waals surface area contributed by atoms with Crippen molar-refractivity contribution in [2.45, 2.75) is 37.0 Å². The van der Waals surface area contributed by atoms with Gasteiger partial charge in [0.2, 0.25) is 0 Å². The molecular formula is C15H19ClN2S2. The number of nitrogens with zero attached hydrogens (tertiary/aromatic N) is 1. The quantitative estimate of drug-likeness (QED) is 0.742. The highest BCUT2D eigenvalue weighted by atomic mass is 35.5. The number of hydrogen-bond acceptors (Lipinski definition) is 4. The minimum atomic E-state index is 0.789. The lowest BCUT2D eigenvalue weighted by Crippen LogP contribution is -2.05. The molecule has 20 heavy (non-hydrogen) atoms. The van der Waals surface area contributed by atoms with Gasteiger partial charge in [-0.3, -0.25) is 0 Å². The topological polar surface area (TPSA) is 24.9 Å². The van der Waals surface area contributed by atoms with Crippen LogP contribution in [0.25, 0.3) is 0 Å². The van der Waals surface area contributed by atoms with Crippen molar-refractivity contribution in [2.75, 3.05) is 7.05 Å². The Kier molecular flexibility index (Phi) is 6.36. The van der Waals surface area contributed by atoms with Gasteiger partial charge >= 0.3 is 0 Å². The van der Waals surface area contributed by atoms with Gasteiger partial charge in [-0.2, -0.15) is 0 Å². The molecule has 0 unspecified atom stereocenters. The second-order valence-corrected chi connectivity index (χ2v) is 7.16. The molecule has 2 rings (SSSR count). The van der Waals surface area contributed by atoms with Gasteiger partial charge in [0.1, 0.15) is 5.01 Å². The van der Waals surface area contributed by atoms with Crippen LogP contribution in [-0.4, -0.2) is 12.0 Å². The van der Waals surface area contributed by atoms with E-state index in [9.17, 15) is 0 Å². The summed E-state index contributed by atoms with van der Waals surface area (Å²) >= 11 is 9.61. The molecule has 5 heteroatoms. The Hall–Kier alpha value is -0.550. The van der Waals surface area contributed by atoms with Gasteiger partial charge < -0.3 is 5.32 Å². The number of halogens is 1. The van der Waals surface area contributed by atoms with Crippen molar-refractivity contribution >= 4 is 34.7 Å². The van der Waals surface area contributed by atoms with Gasteiger partial charge in [-0.05, 0) is 31.7 Å². The fourth-order valence-electron chi connectivity index (χ4n) is 1.93. The van der Waals surface area contributed by atoms with Crippen LogP contribution in [0.1, 0.15) is 28.9 Å². The first-order valence-corrected chi connectivity index (χ1v) is 8.91. The van der Waals surface area contributed by atoms with E-state index in [0.29, 0.717) is 0 Å². The summed E-state index contributed by atoms with van der Waals surface area (Å²) in [7, 11) is 1.98. The van der Waals surface area contributed by atoms with Gasteiger partial charge in [0.15, 0.2) is 0 Å². The molecule has 0 amide bonds. The number of aromatic nitrogens is 1. The normalized spacial score (nSPS) is 10.9. The SMILES string of the molecule is CCCc1nc(CSc2cccc(Cl)c2)sc1CNC. The lowest BCUT2D eigenvalue weighted by molar-refractivity contribution is 0.797. The zero-order chi connectivity index (χ0) is 14.4. The van der Waals surface area contributed by atoms with Crippen molar-refractivity contribution in [1.82, 2.24) is 10.3 Å². The predicted molar refractivity (Wildman–Crippen MR) is 89.9 cm³/mol. The highest BCUT2D eigenvalue weighted by Gasteiger charge is 2.10. The number of nitrogens with one attached hydrogen (secondary N) is 1. The van der Waals surface area contributed by atoms with Crippen molar-refractivity contribution in [3.63, 3.8) is 0 Å². The number of aryl methyl sites for hydroxylation is 1. The lowest BCUT2D eigenvalue weighted by atomic mass is 10.2. The maximum absolute atomic E-state index is 6.00. The molecule has 0 fully saturated rings. The lowest BCUT2D eigenvalue weighted by Gasteiger charge is -1.99. The molecule has 1 aromatic heterocycles. The number of rotatable bonds is 7. The van der Waals surface area contributed by atoms with E-state index in [4.69, 9.17) is 16.6 Å². The molecule has 0 saturated heterocycles. The predicted octanol–water partition coefficient (Wildman–Crippen LogP) is 4.76. The third-order valence-electron chi connectivity index (χ3n) is 2.81. The largest absolute Gasteiger partial charge is 0.315 e. The summed E-state index contributed by atoms with van der Waals surface area (Å²) in [5, 5.41) is 5.21. The van der Waals surface area contributed by atoms with Crippen molar-refractivity contribution < 1.29 is 0 Å². The molecule has 0 spiro atoms. The fourth-order valence-corrected chi connectivity index (χ4v) is 4.26. The van der Waals surface area contributed by atoms with Gasteiger partial charge in [-0.15, -0.1) is 23.1 Å².